The summed E-state index contributed by atoms with van der Waals surface area (Å²) in [6, 6.07) is 11.2. The summed E-state index contributed by atoms with van der Waals surface area (Å²) in [6.07, 6.45) is 4.39. The van der Waals surface area contributed by atoms with Gasteiger partial charge in [0.2, 0.25) is 0 Å². The van der Waals surface area contributed by atoms with Crippen molar-refractivity contribution in [3.8, 4) is 0 Å². The Balaban J connectivity index is 1.51. The highest BCUT2D eigenvalue weighted by Gasteiger charge is 2.53. The van der Waals surface area contributed by atoms with E-state index in [2.05, 4.69) is 35.9 Å². The van der Waals surface area contributed by atoms with E-state index >= 15 is 4.39 Å². The van der Waals surface area contributed by atoms with E-state index in [-0.39, 0.29) is 17.5 Å². The summed E-state index contributed by atoms with van der Waals surface area (Å²) in [5.41, 5.74) is 4.93. The molecule has 1 aliphatic carbocycles. The molecule has 2 fully saturated rings. The third-order valence-electron chi connectivity index (χ3n) is 7.03. The van der Waals surface area contributed by atoms with Gasteiger partial charge in [0.25, 0.3) is 0 Å². The van der Waals surface area contributed by atoms with Gasteiger partial charge in [-0.1, -0.05) is 18.2 Å². The molecule has 2 aromatic carbocycles. The fourth-order valence-electron chi connectivity index (χ4n) is 5.26. The lowest BCUT2D eigenvalue weighted by Gasteiger charge is -2.26. The number of aromatic carboxylic acids is 1. The van der Waals surface area contributed by atoms with Gasteiger partial charge in [-0.3, -0.25) is 4.90 Å². The van der Waals surface area contributed by atoms with Crippen molar-refractivity contribution in [1.82, 2.24) is 9.88 Å². The predicted octanol–water partition coefficient (Wildman–Crippen LogP) is 5.55. The molecule has 2 N–H and O–H groups in total. The van der Waals surface area contributed by atoms with Gasteiger partial charge in [0.05, 0.1) is 5.56 Å². The van der Waals surface area contributed by atoms with Crippen LogP contribution in [0, 0.1) is 19.8 Å². The minimum absolute atomic E-state index is 0.0480. The van der Waals surface area contributed by atoms with E-state index < -0.39 is 11.6 Å². The molecule has 2 atom stereocenters. The summed E-state index contributed by atoms with van der Waals surface area (Å²) in [5.74, 6) is -0.775. The molecule has 0 amide bonds. The van der Waals surface area contributed by atoms with Crippen molar-refractivity contribution in [2.75, 3.05) is 6.54 Å². The Morgan fingerprint density at radius 1 is 1.20 bits per heavy atom. The van der Waals surface area contributed by atoms with Crippen LogP contribution in [-0.2, 0) is 6.54 Å². The zero-order valence-electron chi connectivity index (χ0n) is 17.4. The Morgan fingerprint density at radius 3 is 2.60 bits per heavy atom. The number of hydrogen-bond donors (Lipinski definition) is 2. The van der Waals surface area contributed by atoms with Crippen LogP contribution in [0.4, 0.5) is 4.39 Å². The number of benzene rings is 2. The number of nitrogens with one attached hydrogen (secondary N) is 1. The SMILES string of the molecule is Cc1cc(C)c2[nH]ccc2c1CN1C[C@](F)(C2CC2)CC1c1ccc(C(=O)O)cc1. The van der Waals surface area contributed by atoms with E-state index in [4.69, 9.17) is 0 Å². The van der Waals surface area contributed by atoms with Gasteiger partial charge in [0.15, 0.2) is 0 Å². The molecule has 30 heavy (non-hydrogen) atoms. The number of likely N-dealkylation sites (tertiary alicyclic amines) is 1. The van der Waals surface area contributed by atoms with Crippen LogP contribution in [0.25, 0.3) is 10.9 Å². The van der Waals surface area contributed by atoms with Gasteiger partial charge in [0.1, 0.15) is 5.67 Å². The van der Waals surface area contributed by atoms with Crippen molar-refractivity contribution in [3.63, 3.8) is 0 Å². The van der Waals surface area contributed by atoms with Gasteiger partial charge in [-0.15, -0.1) is 0 Å². The van der Waals surface area contributed by atoms with Crippen molar-refractivity contribution in [1.29, 1.82) is 0 Å². The lowest BCUT2D eigenvalue weighted by atomic mass is 9.93. The van der Waals surface area contributed by atoms with Crippen LogP contribution in [0.5, 0.6) is 0 Å². The lowest BCUT2D eigenvalue weighted by Crippen LogP contribution is -2.31. The number of alkyl halides is 1. The number of aromatic nitrogens is 1. The molecule has 3 aromatic rings. The second-order valence-corrected chi connectivity index (χ2v) is 9.12. The van der Waals surface area contributed by atoms with E-state index in [0.29, 0.717) is 19.5 Å². The third kappa shape index (κ3) is 3.21. The van der Waals surface area contributed by atoms with Gasteiger partial charge in [-0.05, 0) is 73.1 Å². The number of rotatable bonds is 5. The van der Waals surface area contributed by atoms with Crippen LogP contribution in [0.3, 0.4) is 0 Å². The van der Waals surface area contributed by atoms with Crippen molar-refractivity contribution < 1.29 is 14.3 Å². The zero-order chi connectivity index (χ0) is 21.0. The highest BCUT2D eigenvalue weighted by molar-refractivity contribution is 5.88. The monoisotopic (exact) mass is 406 g/mol. The predicted molar refractivity (Wildman–Crippen MR) is 116 cm³/mol. The Kier molecular flexibility index (Phi) is 4.47. The molecule has 4 nitrogen and oxygen atoms in total. The number of hydrogen-bond acceptors (Lipinski definition) is 2. The average molecular weight is 407 g/mol. The quantitative estimate of drug-likeness (QED) is 0.584. The number of aryl methyl sites for hydroxylation is 2. The third-order valence-corrected chi connectivity index (χ3v) is 7.03. The first-order valence-corrected chi connectivity index (χ1v) is 10.7. The topological polar surface area (TPSA) is 56.3 Å². The molecule has 1 unspecified atom stereocenters. The zero-order valence-corrected chi connectivity index (χ0v) is 17.4. The first-order valence-electron chi connectivity index (χ1n) is 10.7. The Bertz CT molecular complexity index is 1120. The van der Waals surface area contributed by atoms with Gasteiger partial charge in [-0.25, -0.2) is 9.18 Å². The molecule has 1 aromatic heterocycles. The molecule has 0 bridgehead atoms. The second kappa shape index (κ2) is 6.95. The molecule has 1 saturated heterocycles. The number of aromatic amines is 1. The molecule has 156 valence electrons. The van der Waals surface area contributed by atoms with Crippen LogP contribution in [0.15, 0.2) is 42.6 Å². The molecule has 1 aliphatic heterocycles. The maximum absolute atomic E-state index is 15.9. The van der Waals surface area contributed by atoms with Crippen LogP contribution >= 0.6 is 0 Å². The molecule has 1 saturated carbocycles. The van der Waals surface area contributed by atoms with Gasteiger partial charge in [0, 0.05) is 42.7 Å². The van der Waals surface area contributed by atoms with E-state index in [1.54, 1.807) is 12.1 Å². The first-order chi connectivity index (χ1) is 14.4. The summed E-state index contributed by atoms with van der Waals surface area (Å²) in [7, 11) is 0. The summed E-state index contributed by atoms with van der Waals surface area (Å²) in [5, 5.41) is 10.4. The largest absolute Gasteiger partial charge is 0.478 e. The maximum atomic E-state index is 15.9. The van der Waals surface area contributed by atoms with Crippen molar-refractivity contribution >= 4 is 16.9 Å². The molecule has 5 rings (SSSR count). The summed E-state index contributed by atoms with van der Waals surface area (Å²) < 4.78 is 15.9. The number of halogens is 1. The maximum Gasteiger partial charge on any atom is 0.335 e. The average Bonchev–Trinajstić information content (AvgIpc) is 3.37. The Labute approximate surface area is 175 Å². The molecule has 2 aliphatic rings. The Hall–Kier alpha value is -2.66. The summed E-state index contributed by atoms with van der Waals surface area (Å²) in [6.45, 7) is 5.36. The van der Waals surface area contributed by atoms with Crippen LogP contribution < -0.4 is 0 Å². The minimum Gasteiger partial charge on any atom is -0.478 e. The highest BCUT2D eigenvalue weighted by atomic mass is 19.1. The molecular formula is C25H27FN2O2. The fraction of sp³-hybridized carbons (Fsp3) is 0.400. The number of H-pyrrole nitrogens is 1. The number of nitrogens with zero attached hydrogens (tertiary/aromatic N) is 1. The molecular weight excluding hydrogens is 379 g/mol. The van der Waals surface area contributed by atoms with Crippen molar-refractivity contribution in [2.45, 2.75) is 51.4 Å². The van der Waals surface area contributed by atoms with E-state index in [1.165, 1.54) is 22.1 Å². The van der Waals surface area contributed by atoms with E-state index in [0.717, 1.165) is 23.9 Å². The molecule has 0 radical (unpaired) electrons. The van der Waals surface area contributed by atoms with Gasteiger partial charge >= 0.3 is 5.97 Å². The van der Waals surface area contributed by atoms with Crippen molar-refractivity contribution in [3.05, 3.63) is 70.4 Å². The normalized spacial score (nSPS) is 24.6. The highest BCUT2D eigenvalue weighted by Crippen LogP contribution is 2.53. The van der Waals surface area contributed by atoms with E-state index in [9.17, 15) is 9.90 Å². The van der Waals surface area contributed by atoms with E-state index in [1.807, 2.05) is 18.3 Å². The van der Waals surface area contributed by atoms with Crippen LogP contribution in [-0.4, -0.2) is 33.2 Å². The number of carboxylic acid groups (broad SMARTS) is 1. The van der Waals surface area contributed by atoms with Crippen molar-refractivity contribution in [2.24, 2.45) is 5.92 Å². The summed E-state index contributed by atoms with van der Waals surface area (Å²) in [4.78, 5) is 16.8. The molecule has 5 heteroatoms. The number of carboxylic acids is 1. The number of carbonyl (C=O) groups is 1. The fourth-order valence-corrected chi connectivity index (χ4v) is 5.26. The van der Waals surface area contributed by atoms with Crippen LogP contribution in [0.2, 0.25) is 0 Å². The second-order valence-electron chi connectivity index (χ2n) is 9.12. The molecule has 2 heterocycles. The Morgan fingerprint density at radius 2 is 1.93 bits per heavy atom. The van der Waals surface area contributed by atoms with Gasteiger partial charge < -0.3 is 10.1 Å². The lowest BCUT2D eigenvalue weighted by molar-refractivity contribution is 0.0697. The van der Waals surface area contributed by atoms with Crippen LogP contribution in [0.1, 0.15) is 57.9 Å². The van der Waals surface area contributed by atoms with Gasteiger partial charge in [-0.2, -0.15) is 0 Å². The minimum atomic E-state index is -1.16. The molecule has 0 spiro atoms. The summed E-state index contributed by atoms with van der Waals surface area (Å²) >= 11 is 0. The standard InChI is InChI=1S/C25H27FN2O2/c1-15-11-16(2)23-20(9-10-27-23)21(15)13-28-14-25(26,19-7-8-19)12-22(28)17-3-5-18(6-4-17)24(29)30/h3-6,9-11,19,22,27H,7-8,12-14H2,1-2H3,(H,29,30)/t22?,25-/m0/s1. The number of fused-ring (bicyclic) bond motifs is 1. The smallest absolute Gasteiger partial charge is 0.335 e. The first kappa shape index (κ1) is 19.3.